The topological polar surface area (TPSA) is 57.4 Å². The van der Waals surface area contributed by atoms with E-state index in [2.05, 4.69) is 5.32 Å². The third kappa shape index (κ3) is 3.79. The second-order valence-corrected chi connectivity index (χ2v) is 7.16. The summed E-state index contributed by atoms with van der Waals surface area (Å²) in [6.07, 6.45) is 3.63. The summed E-state index contributed by atoms with van der Waals surface area (Å²) in [6.45, 7) is 0.715. The van der Waals surface area contributed by atoms with Crippen LogP contribution >= 0.6 is 23.6 Å². The fourth-order valence-electron chi connectivity index (χ4n) is 2.73. The van der Waals surface area contributed by atoms with Crippen molar-refractivity contribution in [3.05, 3.63) is 76.7 Å². The lowest BCUT2D eigenvalue weighted by Crippen LogP contribution is -2.41. The highest BCUT2D eigenvalue weighted by molar-refractivity contribution is 7.81. The Labute approximate surface area is 166 Å². The number of ether oxygens (including phenoxy) is 2. The molecule has 4 rings (SSSR count). The molecule has 3 aromatic rings. The molecule has 136 valence electrons. The van der Waals surface area contributed by atoms with E-state index in [1.165, 1.54) is 11.3 Å². The average Bonchev–Trinajstić information content (AvgIpc) is 3.38. The minimum atomic E-state index is -0.107. The molecule has 0 amide bonds. The van der Waals surface area contributed by atoms with E-state index in [-0.39, 0.29) is 12.6 Å². The maximum absolute atomic E-state index is 13.0. The molecule has 0 aliphatic carbocycles. The Kier molecular flexibility index (Phi) is 5.04. The molecule has 3 heterocycles. The van der Waals surface area contributed by atoms with Gasteiger partial charge in [0.15, 0.2) is 28.9 Å². The highest BCUT2D eigenvalue weighted by Crippen LogP contribution is 2.32. The molecule has 0 saturated carbocycles. The van der Waals surface area contributed by atoms with Crippen LogP contribution in [0.4, 0.5) is 0 Å². The number of nitrogens with zero attached hydrogens (tertiary/aromatic N) is 1. The van der Waals surface area contributed by atoms with Crippen LogP contribution in [0.5, 0.6) is 11.5 Å². The summed E-state index contributed by atoms with van der Waals surface area (Å²) in [7, 11) is 0. The van der Waals surface area contributed by atoms with Crippen LogP contribution in [0, 0.1) is 0 Å². The van der Waals surface area contributed by atoms with Crippen LogP contribution in [0.3, 0.4) is 0 Å². The molecule has 1 N–H and O–H groups in total. The van der Waals surface area contributed by atoms with Crippen molar-refractivity contribution >= 4 is 40.0 Å². The molecule has 1 aliphatic heterocycles. The third-order valence-corrected chi connectivity index (χ3v) is 5.25. The van der Waals surface area contributed by atoms with Gasteiger partial charge in [-0.05, 0) is 34.9 Å². The van der Waals surface area contributed by atoms with Crippen LogP contribution < -0.4 is 24.5 Å². The Hall–Kier alpha value is -2.90. The van der Waals surface area contributed by atoms with Gasteiger partial charge in [0.25, 0.3) is 0 Å². The van der Waals surface area contributed by atoms with Crippen LogP contribution in [0.1, 0.15) is 10.4 Å². The largest absolute Gasteiger partial charge is 0.867 e. The number of rotatable bonds is 5. The van der Waals surface area contributed by atoms with Gasteiger partial charge >= 0.3 is 0 Å². The Bertz CT molecular complexity index is 986. The number of aromatic nitrogens is 1. The fraction of sp³-hybridized carbons (Fsp3) is 0.100. The van der Waals surface area contributed by atoms with Gasteiger partial charge in [0.2, 0.25) is 12.5 Å². The van der Waals surface area contributed by atoms with Crippen molar-refractivity contribution in [1.29, 1.82) is 0 Å². The predicted molar refractivity (Wildman–Crippen MR) is 106 cm³/mol. The number of pyridine rings is 1. The minimum absolute atomic E-state index is 0.107. The zero-order chi connectivity index (χ0) is 18.6. The number of hydrogen-bond donors (Lipinski definition) is 1. The van der Waals surface area contributed by atoms with E-state index in [9.17, 15) is 5.11 Å². The third-order valence-electron chi connectivity index (χ3n) is 4.04. The van der Waals surface area contributed by atoms with Crippen LogP contribution in [-0.4, -0.2) is 11.8 Å². The number of hydrogen-bond acceptors (Lipinski definition) is 5. The van der Waals surface area contributed by atoms with E-state index in [1.807, 2.05) is 60.2 Å². The molecule has 0 unspecified atom stereocenters. The molecule has 0 fully saturated rings. The first kappa shape index (κ1) is 17.5. The molecular formula is C20H16N2O3S2. The molecular weight excluding hydrogens is 380 g/mol. The van der Waals surface area contributed by atoms with Crippen LogP contribution in [0.15, 0.2) is 66.3 Å². The summed E-state index contributed by atoms with van der Waals surface area (Å²) in [5.74, 6) is 1.35. The van der Waals surface area contributed by atoms with Gasteiger partial charge in [-0.15, -0.1) is 11.3 Å². The van der Waals surface area contributed by atoms with Crippen LogP contribution in [0.25, 0.3) is 11.5 Å². The van der Waals surface area contributed by atoms with Gasteiger partial charge in [-0.3, -0.25) is 0 Å². The molecule has 0 atom stereocenters. The highest BCUT2D eigenvalue weighted by Gasteiger charge is 2.19. The van der Waals surface area contributed by atoms with E-state index >= 15 is 0 Å². The lowest BCUT2D eigenvalue weighted by atomic mass is 10.2. The lowest BCUT2D eigenvalue weighted by Gasteiger charge is -2.15. The molecule has 2 aromatic heterocycles. The van der Waals surface area contributed by atoms with Gasteiger partial charge in [0, 0.05) is 23.6 Å². The summed E-state index contributed by atoms with van der Waals surface area (Å²) in [5.41, 5.74) is 1.41. The zero-order valence-corrected chi connectivity index (χ0v) is 15.9. The SMILES string of the molecule is [O-]C(=C(C(=S)NCc1ccc2c(c1)OCO2)[n+]1ccccc1)c1cccs1. The van der Waals surface area contributed by atoms with Crippen molar-refractivity contribution in [3.8, 4) is 11.5 Å². The molecule has 27 heavy (non-hydrogen) atoms. The molecule has 1 aliphatic rings. The minimum Gasteiger partial charge on any atom is -0.867 e. The number of fused-ring (bicyclic) bond motifs is 1. The van der Waals surface area contributed by atoms with Gasteiger partial charge in [0.05, 0.1) is 0 Å². The number of nitrogens with one attached hydrogen (secondary N) is 1. The first-order valence-electron chi connectivity index (χ1n) is 8.31. The monoisotopic (exact) mass is 396 g/mol. The van der Waals surface area contributed by atoms with Crippen molar-refractivity contribution in [2.45, 2.75) is 6.54 Å². The first-order chi connectivity index (χ1) is 13.2. The molecule has 0 spiro atoms. The summed E-state index contributed by atoms with van der Waals surface area (Å²) < 4.78 is 12.5. The Balaban J connectivity index is 1.59. The molecule has 0 bridgehead atoms. The van der Waals surface area contributed by atoms with Crippen LogP contribution in [0.2, 0.25) is 0 Å². The number of thiocarbonyl (C=S) groups is 1. The second kappa shape index (κ2) is 7.77. The Morgan fingerprint density at radius 1 is 1.11 bits per heavy atom. The predicted octanol–water partition coefficient (Wildman–Crippen LogP) is 2.57. The Morgan fingerprint density at radius 3 is 2.70 bits per heavy atom. The number of thiophene rings is 1. The van der Waals surface area contributed by atoms with Gasteiger partial charge in [-0.25, -0.2) is 0 Å². The highest BCUT2D eigenvalue weighted by atomic mass is 32.1. The fourth-order valence-corrected chi connectivity index (χ4v) is 3.66. The maximum atomic E-state index is 13.0. The molecule has 1 aromatic carbocycles. The van der Waals surface area contributed by atoms with Crippen molar-refractivity contribution in [2.24, 2.45) is 0 Å². The van der Waals surface area contributed by atoms with E-state index in [0.29, 0.717) is 22.1 Å². The van der Waals surface area contributed by atoms with Crippen molar-refractivity contribution in [2.75, 3.05) is 6.79 Å². The quantitative estimate of drug-likeness (QED) is 0.311. The van der Waals surface area contributed by atoms with E-state index in [0.717, 1.165) is 17.1 Å². The van der Waals surface area contributed by atoms with Gasteiger partial charge in [0.1, 0.15) is 0 Å². The van der Waals surface area contributed by atoms with E-state index in [1.54, 1.807) is 10.6 Å². The van der Waals surface area contributed by atoms with Gasteiger partial charge in [-0.2, -0.15) is 4.57 Å². The smallest absolute Gasteiger partial charge is 0.238 e. The Morgan fingerprint density at radius 2 is 1.93 bits per heavy atom. The van der Waals surface area contributed by atoms with Crippen molar-refractivity contribution in [1.82, 2.24) is 5.32 Å². The summed E-state index contributed by atoms with van der Waals surface area (Å²) >= 11 is 6.96. The average molecular weight is 396 g/mol. The standard InChI is InChI=1S/C20H16N2O3S2/c23-19(17-5-4-10-27-17)18(22-8-2-1-3-9-22)20(26)21-12-14-6-7-15-16(11-14)25-13-24-15/h1-11H,12-13H2,(H-,21,23,26). The summed E-state index contributed by atoms with van der Waals surface area (Å²) in [4.78, 5) is 1.04. The molecule has 7 heteroatoms. The van der Waals surface area contributed by atoms with Crippen LogP contribution in [-0.2, 0) is 6.54 Å². The molecule has 0 radical (unpaired) electrons. The van der Waals surface area contributed by atoms with Crippen molar-refractivity contribution in [3.63, 3.8) is 0 Å². The molecule has 0 saturated heterocycles. The zero-order valence-electron chi connectivity index (χ0n) is 14.3. The van der Waals surface area contributed by atoms with E-state index < -0.39 is 0 Å². The number of benzene rings is 1. The maximum Gasteiger partial charge on any atom is 0.238 e. The van der Waals surface area contributed by atoms with E-state index in [4.69, 9.17) is 21.7 Å². The normalized spacial score (nSPS) is 13.2. The summed E-state index contributed by atoms with van der Waals surface area (Å²) in [5, 5.41) is 18.1. The summed E-state index contributed by atoms with van der Waals surface area (Å²) in [6, 6.07) is 15.0. The second-order valence-electron chi connectivity index (χ2n) is 5.81. The lowest BCUT2D eigenvalue weighted by molar-refractivity contribution is -0.577. The molecule has 5 nitrogen and oxygen atoms in total. The van der Waals surface area contributed by atoms with Gasteiger partial charge in [-0.1, -0.05) is 30.4 Å². The van der Waals surface area contributed by atoms with Crippen molar-refractivity contribution < 1.29 is 19.1 Å². The first-order valence-corrected chi connectivity index (χ1v) is 9.60. The van der Waals surface area contributed by atoms with Gasteiger partial charge < -0.3 is 19.9 Å².